The zero-order valence-corrected chi connectivity index (χ0v) is 7.94. The molecule has 0 aliphatic rings. The van der Waals surface area contributed by atoms with Crippen molar-refractivity contribution in [2.75, 3.05) is 5.73 Å². The maximum Gasteiger partial charge on any atom is 0.175 e. The van der Waals surface area contributed by atoms with E-state index in [2.05, 4.69) is 15.2 Å². The second-order valence-electron chi connectivity index (χ2n) is 2.68. The topological polar surface area (TPSA) is 64.7 Å². The summed E-state index contributed by atoms with van der Waals surface area (Å²) in [7, 11) is 0. The minimum atomic E-state index is 0.202. The van der Waals surface area contributed by atoms with Gasteiger partial charge < -0.3 is 5.73 Å². The van der Waals surface area contributed by atoms with E-state index < -0.39 is 0 Å². The monoisotopic (exact) mass is 206 g/mol. The number of nitrogen functional groups attached to an aromatic ring is 1. The molecule has 0 saturated carbocycles. The summed E-state index contributed by atoms with van der Waals surface area (Å²) in [5.41, 5.74) is 7.58. The Labute approximate surface area is 85.8 Å². The van der Waals surface area contributed by atoms with Gasteiger partial charge in [0.1, 0.15) is 0 Å². The Morgan fingerprint density at radius 2 is 2.14 bits per heavy atom. The van der Waals surface area contributed by atoms with Crippen LogP contribution in [0, 0.1) is 0 Å². The first kappa shape index (κ1) is 8.90. The summed E-state index contributed by atoms with van der Waals surface area (Å²) in [6.45, 7) is 0. The van der Waals surface area contributed by atoms with Gasteiger partial charge in [-0.15, -0.1) is 5.10 Å². The average molecular weight is 207 g/mol. The molecular formula is C9H7ClN4. The van der Waals surface area contributed by atoms with Gasteiger partial charge in [-0.2, -0.15) is 5.10 Å². The molecule has 0 radical (unpaired) electrons. The number of hydrogen-bond donors (Lipinski definition) is 1. The van der Waals surface area contributed by atoms with E-state index in [-0.39, 0.29) is 5.15 Å². The zero-order chi connectivity index (χ0) is 9.97. The van der Waals surface area contributed by atoms with Gasteiger partial charge in [0.05, 0.1) is 17.6 Å². The summed E-state index contributed by atoms with van der Waals surface area (Å²) < 4.78 is 0. The van der Waals surface area contributed by atoms with Crippen LogP contribution in [0.25, 0.3) is 11.3 Å². The maximum atomic E-state index is 5.74. The van der Waals surface area contributed by atoms with E-state index in [1.54, 1.807) is 12.4 Å². The Morgan fingerprint density at radius 3 is 2.86 bits per heavy atom. The van der Waals surface area contributed by atoms with Crippen LogP contribution in [0.2, 0.25) is 5.15 Å². The van der Waals surface area contributed by atoms with Crippen LogP contribution in [-0.2, 0) is 0 Å². The van der Waals surface area contributed by atoms with Crippen LogP contribution in [0.1, 0.15) is 0 Å². The number of nitrogens with two attached hydrogens (primary N) is 1. The Bertz CT molecular complexity index is 444. The van der Waals surface area contributed by atoms with Gasteiger partial charge in [0, 0.05) is 11.8 Å². The molecule has 0 atom stereocenters. The molecule has 0 unspecified atom stereocenters. The van der Waals surface area contributed by atoms with Crippen molar-refractivity contribution in [2.24, 2.45) is 0 Å². The van der Waals surface area contributed by atoms with Crippen LogP contribution in [-0.4, -0.2) is 15.2 Å². The third-order valence-corrected chi connectivity index (χ3v) is 2.06. The molecule has 0 amide bonds. The highest BCUT2D eigenvalue weighted by molar-refractivity contribution is 6.32. The van der Waals surface area contributed by atoms with Crippen molar-refractivity contribution in [3.8, 4) is 11.3 Å². The normalized spacial score (nSPS) is 10.1. The molecule has 0 aliphatic carbocycles. The number of anilines is 1. The van der Waals surface area contributed by atoms with E-state index in [0.29, 0.717) is 11.3 Å². The van der Waals surface area contributed by atoms with Crippen LogP contribution in [0.4, 0.5) is 5.69 Å². The molecule has 2 N–H and O–H groups in total. The van der Waals surface area contributed by atoms with Gasteiger partial charge in [-0.25, -0.2) is 0 Å². The zero-order valence-electron chi connectivity index (χ0n) is 7.18. The predicted molar refractivity (Wildman–Crippen MR) is 54.7 cm³/mol. The van der Waals surface area contributed by atoms with Gasteiger partial charge in [0.25, 0.3) is 0 Å². The first-order chi connectivity index (χ1) is 6.79. The molecule has 0 saturated heterocycles. The molecule has 0 aromatic carbocycles. The maximum absolute atomic E-state index is 5.74. The summed E-state index contributed by atoms with van der Waals surface area (Å²) >= 11 is 5.74. The highest BCUT2D eigenvalue weighted by atomic mass is 35.5. The first-order valence-corrected chi connectivity index (χ1v) is 4.35. The Balaban J connectivity index is 2.58. The Kier molecular flexibility index (Phi) is 2.28. The Hall–Kier alpha value is -1.68. The van der Waals surface area contributed by atoms with Crippen molar-refractivity contribution >= 4 is 17.3 Å². The number of halogens is 1. The quantitative estimate of drug-likeness (QED) is 0.773. The van der Waals surface area contributed by atoms with E-state index in [1.807, 2.05) is 18.2 Å². The van der Waals surface area contributed by atoms with Crippen LogP contribution in [0.5, 0.6) is 0 Å². The highest BCUT2D eigenvalue weighted by Gasteiger charge is 2.07. The fraction of sp³-hybridized carbons (Fsp3) is 0. The van der Waals surface area contributed by atoms with Crippen molar-refractivity contribution in [1.29, 1.82) is 0 Å². The third-order valence-electron chi connectivity index (χ3n) is 1.79. The van der Waals surface area contributed by atoms with E-state index in [4.69, 9.17) is 17.3 Å². The molecule has 0 bridgehead atoms. The first-order valence-electron chi connectivity index (χ1n) is 3.97. The molecule has 2 rings (SSSR count). The standard InChI is InChI=1S/C9H7ClN4/c10-9-8(11)6(5-13-14-9)7-3-1-2-4-12-7/h1-5H,(H2,11,13). The molecular weight excluding hydrogens is 200 g/mol. The Morgan fingerprint density at radius 1 is 1.29 bits per heavy atom. The summed E-state index contributed by atoms with van der Waals surface area (Å²) in [5.74, 6) is 0. The molecule has 0 fully saturated rings. The highest BCUT2D eigenvalue weighted by Crippen LogP contribution is 2.26. The van der Waals surface area contributed by atoms with Gasteiger partial charge >= 0.3 is 0 Å². The van der Waals surface area contributed by atoms with Gasteiger partial charge in [-0.3, -0.25) is 4.98 Å². The lowest BCUT2D eigenvalue weighted by Crippen LogP contribution is -1.96. The molecule has 2 aromatic rings. The van der Waals surface area contributed by atoms with Gasteiger partial charge in [0.2, 0.25) is 0 Å². The smallest absolute Gasteiger partial charge is 0.175 e. The fourth-order valence-electron chi connectivity index (χ4n) is 1.10. The summed E-state index contributed by atoms with van der Waals surface area (Å²) in [5, 5.41) is 7.55. The van der Waals surface area contributed by atoms with Gasteiger partial charge in [-0.05, 0) is 12.1 Å². The average Bonchev–Trinajstić information content (AvgIpc) is 2.23. The number of rotatable bonds is 1. The van der Waals surface area contributed by atoms with Crippen molar-refractivity contribution in [1.82, 2.24) is 15.2 Å². The van der Waals surface area contributed by atoms with Crippen molar-refractivity contribution < 1.29 is 0 Å². The molecule has 0 spiro atoms. The number of pyridine rings is 1. The number of nitrogens with zero attached hydrogens (tertiary/aromatic N) is 3. The molecule has 2 aromatic heterocycles. The van der Waals surface area contributed by atoms with Crippen LogP contribution in [0.3, 0.4) is 0 Å². The van der Waals surface area contributed by atoms with E-state index in [0.717, 1.165) is 5.69 Å². The second-order valence-corrected chi connectivity index (χ2v) is 3.04. The molecule has 5 heteroatoms. The second kappa shape index (κ2) is 3.59. The third kappa shape index (κ3) is 1.52. The molecule has 14 heavy (non-hydrogen) atoms. The minimum Gasteiger partial charge on any atom is -0.396 e. The largest absolute Gasteiger partial charge is 0.396 e. The number of aromatic nitrogens is 3. The lowest BCUT2D eigenvalue weighted by molar-refractivity contribution is 1.03. The minimum absolute atomic E-state index is 0.202. The van der Waals surface area contributed by atoms with E-state index >= 15 is 0 Å². The van der Waals surface area contributed by atoms with Crippen molar-refractivity contribution in [3.05, 3.63) is 35.7 Å². The van der Waals surface area contributed by atoms with Crippen molar-refractivity contribution in [2.45, 2.75) is 0 Å². The van der Waals surface area contributed by atoms with E-state index in [9.17, 15) is 0 Å². The van der Waals surface area contributed by atoms with Crippen LogP contribution >= 0.6 is 11.6 Å². The predicted octanol–water partition coefficient (Wildman–Crippen LogP) is 1.77. The molecule has 70 valence electrons. The number of hydrogen-bond acceptors (Lipinski definition) is 4. The summed E-state index contributed by atoms with van der Waals surface area (Å²) in [6.07, 6.45) is 3.23. The molecule has 0 aliphatic heterocycles. The lowest BCUT2D eigenvalue weighted by atomic mass is 10.2. The van der Waals surface area contributed by atoms with Crippen molar-refractivity contribution in [3.63, 3.8) is 0 Å². The van der Waals surface area contributed by atoms with Gasteiger partial charge in [0.15, 0.2) is 5.15 Å². The summed E-state index contributed by atoms with van der Waals surface area (Å²) in [6, 6.07) is 5.54. The summed E-state index contributed by atoms with van der Waals surface area (Å²) in [4.78, 5) is 4.14. The SMILES string of the molecule is Nc1c(-c2ccccn2)cnnc1Cl. The lowest BCUT2D eigenvalue weighted by Gasteiger charge is -2.03. The fourth-order valence-corrected chi connectivity index (χ4v) is 1.24. The van der Waals surface area contributed by atoms with Gasteiger partial charge in [-0.1, -0.05) is 17.7 Å². The molecule has 4 nitrogen and oxygen atoms in total. The van der Waals surface area contributed by atoms with Crippen LogP contribution in [0.15, 0.2) is 30.6 Å². The van der Waals surface area contributed by atoms with Crippen LogP contribution < -0.4 is 5.73 Å². The molecule has 2 heterocycles. The van der Waals surface area contributed by atoms with E-state index in [1.165, 1.54) is 0 Å².